The number of fused-ring (bicyclic) bond motifs is 1. The largest absolute Gasteiger partial charge is 0.462 e. The van der Waals surface area contributed by atoms with Gasteiger partial charge in [-0.15, -0.1) is 0 Å². The Balaban J connectivity index is 2.36. The van der Waals surface area contributed by atoms with Crippen molar-refractivity contribution in [2.24, 2.45) is 0 Å². The number of anilines is 1. The molecule has 0 radical (unpaired) electrons. The summed E-state index contributed by atoms with van der Waals surface area (Å²) in [4.78, 5) is 4.56. The minimum atomic E-state index is 0.613. The Hall–Kier alpha value is -2.23. The lowest BCUT2D eigenvalue weighted by molar-refractivity contribution is 0.579. The summed E-state index contributed by atoms with van der Waals surface area (Å²) < 4.78 is 7.33. The second-order valence-electron chi connectivity index (χ2n) is 4.16. The highest BCUT2D eigenvalue weighted by Gasteiger charge is 2.16. The average Bonchev–Trinajstić information content (AvgIpc) is 2.85. The highest BCUT2D eigenvalue weighted by atomic mass is 16.3. The number of hydrogen-bond donors (Lipinski definition) is 1. The molecule has 0 saturated heterocycles. The van der Waals surface area contributed by atoms with Crippen LogP contribution >= 0.6 is 0 Å². The molecule has 3 aromatic rings. The molecule has 17 heavy (non-hydrogen) atoms. The zero-order valence-electron chi connectivity index (χ0n) is 9.77. The van der Waals surface area contributed by atoms with E-state index >= 15 is 0 Å². The first-order chi connectivity index (χ1) is 8.18. The van der Waals surface area contributed by atoms with Gasteiger partial charge in [0.2, 0.25) is 0 Å². The molecule has 3 heterocycles. The van der Waals surface area contributed by atoms with Crippen LogP contribution in [0.3, 0.4) is 0 Å². The van der Waals surface area contributed by atoms with Crippen molar-refractivity contribution in [2.75, 3.05) is 5.73 Å². The number of imidazole rings is 1. The lowest BCUT2D eigenvalue weighted by Crippen LogP contribution is -1.94. The van der Waals surface area contributed by atoms with Gasteiger partial charge in [0.15, 0.2) is 5.76 Å². The molecule has 0 amide bonds. The van der Waals surface area contributed by atoms with Gasteiger partial charge in [-0.05, 0) is 37.1 Å². The lowest BCUT2D eigenvalue weighted by Gasteiger charge is -1.98. The Bertz CT molecular complexity index is 694. The first kappa shape index (κ1) is 9.96. The van der Waals surface area contributed by atoms with E-state index in [0.29, 0.717) is 11.5 Å². The first-order valence-corrected chi connectivity index (χ1v) is 5.46. The van der Waals surface area contributed by atoms with Crippen LogP contribution in [0.4, 0.5) is 5.82 Å². The first-order valence-electron chi connectivity index (χ1n) is 5.46. The Labute approximate surface area is 98.7 Å². The van der Waals surface area contributed by atoms with Gasteiger partial charge in [-0.1, -0.05) is 6.07 Å². The fourth-order valence-corrected chi connectivity index (χ4v) is 2.00. The number of hydrogen-bond acceptors (Lipinski definition) is 3. The molecule has 0 aromatic carbocycles. The fraction of sp³-hybridized carbons (Fsp3) is 0.154. The summed E-state index contributed by atoms with van der Waals surface area (Å²) in [5.41, 5.74) is 9.82. The number of nitrogens with two attached hydrogens (primary N) is 1. The van der Waals surface area contributed by atoms with Crippen molar-refractivity contribution in [3.63, 3.8) is 0 Å². The quantitative estimate of drug-likeness (QED) is 0.695. The molecule has 4 nitrogen and oxygen atoms in total. The zero-order valence-corrected chi connectivity index (χ0v) is 9.77. The van der Waals surface area contributed by atoms with E-state index in [-0.39, 0.29) is 0 Å². The van der Waals surface area contributed by atoms with Crippen molar-refractivity contribution in [1.29, 1.82) is 0 Å². The molecule has 0 aliphatic rings. The molecular weight excluding hydrogens is 214 g/mol. The van der Waals surface area contributed by atoms with Gasteiger partial charge in [-0.2, -0.15) is 0 Å². The van der Waals surface area contributed by atoms with Crippen LogP contribution in [0.5, 0.6) is 0 Å². The second kappa shape index (κ2) is 3.38. The van der Waals surface area contributed by atoms with Crippen LogP contribution in [0.25, 0.3) is 17.1 Å². The maximum Gasteiger partial charge on any atom is 0.158 e. The minimum Gasteiger partial charge on any atom is -0.462 e. The molecule has 0 aliphatic heterocycles. The summed E-state index contributed by atoms with van der Waals surface area (Å²) in [6.45, 7) is 4.00. The van der Waals surface area contributed by atoms with Gasteiger partial charge in [-0.3, -0.25) is 4.40 Å². The van der Waals surface area contributed by atoms with E-state index in [4.69, 9.17) is 10.2 Å². The molecule has 0 bridgehead atoms. The molecule has 0 aliphatic carbocycles. The maximum atomic E-state index is 6.11. The number of rotatable bonds is 1. The number of furan rings is 1. The van der Waals surface area contributed by atoms with E-state index in [1.807, 2.05) is 42.6 Å². The molecule has 0 fully saturated rings. The van der Waals surface area contributed by atoms with Crippen molar-refractivity contribution in [1.82, 2.24) is 9.38 Å². The van der Waals surface area contributed by atoms with Gasteiger partial charge < -0.3 is 10.2 Å². The molecule has 4 heteroatoms. The standard InChI is InChI=1S/C13H13N3O/c1-8-5-7-17-11(8)10-12(14)16-6-3-4-9(2)13(16)15-10/h3-7H,14H2,1-2H3. The number of aryl methyl sites for hydroxylation is 2. The molecule has 0 unspecified atom stereocenters. The van der Waals surface area contributed by atoms with Crippen LogP contribution in [0.2, 0.25) is 0 Å². The second-order valence-corrected chi connectivity index (χ2v) is 4.16. The molecule has 0 saturated carbocycles. The van der Waals surface area contributed by atoms with Crippen molar-refractivity contribution < 1.29 is 4.42 Å². The summed E-state index contributed by atoms with van der Waals surface area (Å²) >= 11 is 0. The van der Waals surface area contributed by atoms with Gasteiger partial charge in [-0.25, -0.2) is 4.98 Å². The smallest absolute Gasteiger partial charge is 0.158 e. The summed E-state index contributed by atoms with van der Waals surface area (Å²) in [5.74, 6) is 1.35. The van der Waals surface area contributed by atoms with E-state index < -0.39 is 0 Å². The van der Waals surface area contributed by atoms with E-state index in [2.05, 4.69) is 4.98 Å². The van der Waals surface area contributed by atoms with Crippen LogP contribution < -0.4 is 5.73 Å². The van der Waals surface area contributed by atoms with Crippen LogP contribution in [-0.2, 0) is 0 Å². The minimum absolute atomic E-state index is 0.613. The molecule has 3 rings (SSSR count). The molecule has 2 N–H and O–H groups in total. The molecule has 86 valence electrons. The monoisotopic (exact) mass is 227 g/mol. The van der Waals surface area contributed by atoms with Gasteiger partial charge >= 0.3 is 0 Å². The lowest BCUT2D eigenvalue weighted by atomic mass is 10.2. The van der Waals surface area contributed by atoms with Crippen molar-refractivity contribution >= 4 is 11.5 Å². The molecular formula is C13H13N3O. The maximum absolute atomic E-state index is 6.11. The summed E-state index contributed by atoms with van der Waals surface area (Å²) in [5, 5.41) is 0. The van der Waals surface area contributed by atoms with Crippen molar-refractivity contribution in [2.45, 2.75) is 13.8 Å². The Kier molecular flexibility index (Phi) is 1.98. The van der Waals surface area contributed by atoms with E-state index in [0.717, 1.165) is 22.5 Å². The third-order valence-electron chi connectivity index (χ3n) is 2.96. The summed E-state index contributed by atoms with van der Waals surface area (Å²) in [6.07, 6.45) is 3.56. The predicted molar refractivity (Wildman–Crippen MR) is 66.8 cm³/mol. The molecule has 3 aromatic heterocycles. The average molecular weight is 227 g/mol. The SMILES string of the molecule is Cc1ccoc1-c1nc2c(C)cccn2c1N. The zero-order chi connectivity index (χ0) is 12.0. The van der Waals surface area contributed by atoms with Gasteiger partial charge in [0, 0.05) is 6.20 Å². The fourth-order valence-electron chi connectivity index (χ4n) is 2.00. The van der Waals surface area contributed by atoms with Gasteiger partial charge in [0.05, 0.1) is 6.26 Å². The van der Waals surface area contributed by atoms with Gasteiger partial charge in [0.25, 0.3) is 0 Å². The highest BCUT2D eigenvalue weighted by Crippen LogP contribution is 2.30. The Morgan fingerprint density at radius 1 is 1.24 bits per heavy atom. The Morgan fingerprint density at radius 2 is 2.06 bits per heavy atom. The van der Waals surface area contributed by atoms with Crippen LogP contribution in [0.1, 0.15) is 11.1 Å². The third-order valence-corrected chi connectivity index (χ3v) is 2.96. The van der Waals surface area contributed by atoms with Crippen LogP contribution in [0.15, 0.2) is 35.1 Å². The number of nitrogens with zero attached hydrogens (tertiary/aromatic N) is 2. The van der Waals surface area contributed by atoms with E-state index in [1.165, 1.54) is 0 Å². The van der Waals surface area contributed by atoms with Crippen molar-refractivity contribution in [3.8, 4) is 11.5 Å². The predicted octanol–water partition coefficient (Wildman–Crippen LogP) is 2.79. The highest BCUT2D eigenvalue weighted by molar-refractivity contribution is 5.74. The topological polar surface area (TPSA) is 56.5 Å². The number of pyridine rings is 1. The Morgan fingerprint density at radius 3 is 2.71 bits per heavy atom. The van der Waals surface area contributed by atoms with Gasteiger partial charge in [0.1, 0.15) is 17.2 Å². The van der Waals surface area contributed by atoms with E-state index in [1.54, 1.807) is 6.26 Å². The third kappa shape index (κ3) is 1.34. The number of nitrogen functional groups attached to an aromatic ring is 1. The van der Waals surface area contributed by atoms with Crippen molar-refractivity contribution in [3.05, 3.63) is 41.8 Å². The number of aromatic nitrogens is 2. The molecule has 0 atom stereocenters. The summed E-state index contributed by atoms with van der Waals surface area (Å²) in [6, 6.07) is 5.88. The van der Waals surface area contributed by atoms with Crippen LogP contribution in [0, 0.1) is 13.8 Å². The normalized spacial score (nSPS) is 11.2. The molecule has 0 spiro atoms. The summed E-state index contributed by atoms with van der Waals surface area (Å²) in [7, 11) is 0. The van der Waals surface area contributed by atoms with Crippen LogP contribution in [-0.4, -0.2) is 9.38 Å². The van der Waals surface area contributed by atoms with E-state index in [9.17, 15) is 0 Å².